The van der Waals surface area contributed by atoms with Gasteiger partial charge < -0.3 is 9.57 Å². The maximum atomic E-state index is 11.6. The van der Waals surface area contributed by atoms with Crippen LogP contribution >= 0.6 is 0 Å². The zero-order valence-electron chi connectivity index (χ0n) is 17.8. The van der Waals surface area contributed by atoms with Crippen LogP contribution < -0.4 is 0 Å². The first-order valence-corrected chi connectivity index (χ1v) is 9.27. The number of benzene rings is 1. The van der Waals surface area contributed by atoms with E-state index in [0.717, 1.165) is 28.9 Å². The van der Waals surface area contributed by atoms with Gasteiger partial charge in [-0.3, -0.25) is 38.6 Å². The van der Waals surface area contributed by atoms with E-state index in [1.54, 1.807) is 24.3 Å². The molecule has 0 unspecified atom stereocenters. The molecule has 3 aliphatic rings. The molecule has 0 saturated heterocycles. The van der Waals surface area contributed by atoms with Gasteiger partial charge in [0.1, 0.15) is 6.73 Å². The zero-order valence-corrected chi connectivity index (χ0v) is 17.8. The van der Waals surface area contributed by atoms with Crippen LogP contribution in [-0.4, -0.2) is 77.2 Å². The standard InChI is InChI=1S/C10H9NO3.C6H5NO4.C5H5NO2/c1-14-6-11-9(12)7-4-2-3-5-8(7)10(11)13;1-4(8)11-7-5(9)2-3-6(7)10;1-6-4(7)2-3-5(6)8/h2-5H,6H2,1H3;2-3H,1H3;2-3H,1H3. The van der Waals surface area contributed by atoms with Gasteiger partial charge in [-0.25, -0.2) is 4.79 Å². The molecule has 4 rings (SSSR count). The molecule has 0 fully saturated rings. The molecule has 12 nitrogen and oxygen atoms in total. The van der Waals surface area contributed by atoms with Crippen molar-refractivity contribution in [1.29, 1.82) is 0 Å². The van der Waals surface area contributed by atoms with Gasteiger partial charge in [0.25, 0.3) is 35.4 Å². The van der Waals surface area contributed by atoms with Crippen molar-refractivity contribution < 1.29 is 43.1 Å². The molecule has 0 aromatic heterocycles. The number of carbonyl (C=O) groups is 7. The second kappa shape index (κ2) is 10.7. The van der Waals surface area contributed by atoms with Crippen LogP contribution in [0.25, 0.3) is 0 Å². The number of carbonyl (C=O) groups excluding carboxylic acids is 7. The first kappa shape index (κ1) is 24.8. The van der Waals surface area contributed by atoms with Gasteiger partial charge in [-0.2, -0.15) is 0 Å². The molecule has 0 saturated carbocycles. The molecule has 6 amide bonds. The lowest BCUT2D eigenvalue weighted by molar-refractivity contribution is -0.194. The Morgan fingerprint density at radius 3 is 1.55 bits per heavy atom. The normalized spacial score (nSPS) is 16.0. The Bertz CT molecular complexity index is 1020. The van der Waals surface area contributed by atoms with E-state index in [1.165, 1.54) is 26.3 Å². The molecular weight excluding hydrogens is 438 g/mol. The summed E-state index contributed by atoms with van der Waals surface area (Å²) in [5, 5.41) is 0.405. The zero-order chi connectivity index (χ0) is 24.7. The molecule has 33 heavy (non-hydrogen) atoms. The number of hydrogen-bond donors (Lipinski definition) is 0. The van der Waals surface area contributed by atoms with Crippen LogP contribution in [0.3, 0.4) is 0 Å². The van der Waals surface area contributed by atoms with Gasteiger partial charge in [0.15, 0.2) is 0 Å². The van der Waals surface area contributed by atoms with E-state index >= 15 is 0 Å². The van der Waals surface area contributed by atoms with E-state index in [1.807, 2.05) is 0 Å². The molecule has 3 aliphatic heterocycles. The number of likely N-dealkylation sites (N-methyl/N-ethyl adjacent to an activating group) is 1. The summed E-state index contributed by atoms with van der Waals surface area (Å²) < 4.78 is 4.78. The highest BCUT2D eigenvalue weighted by molar-refractivity contribution is 6.21. The average Bonchev–Trinajstić information content (AvgIpc) is 3.35. The number of fused-ring (bicyclic) bond motifs is 1. The Hall–Kier alpha value is -4.45. The molecule has 0 aliphatic carbocycles. The van der Waals surface area contributed by atoms with Crippen molar-refractivity contribution in [3.05, 3.63) is 59.7 Å². The lowest BCUT2D eigenvalue weighted by atomic mass is 10.1. The van der Waals surface area contributed by atoms with Crippen molar-refractivity contribution >= 4 is 41.4 Å². The molecule has 0 spiro atoms. The Morgan fingerprint density at radius 2 is 1.21 bits per heavy atom. The number of methoxy groups -OCH3 is 1. The maximum absolute atomic E-state index is 11.6. The van der Waals surface area contributed by atoms with Crippen molar-refractivity contribution in [2.24, 2.45) is 0 Å². The fourth-order valence-corrected chi connectivity index (χ4v) is 2.57. The Labute approximate surface area is 187 Å². The molecule has 12 heteroatoms. The fourth-order valence-electron chi connectivity index (χ4n) is 2.57. The molecular formula is C21H19N3O9. The van der Waals surface area contributed by atoms with Gasteiger partial charge in [0, 0.05) is 45.4 Å². The van der Waals surface area contributed by atoms with Crippen LogP contribution in [0, 0.1) is 0 Å². The van der Waals surface area contributed by atoms with E-state index in [2.05, 4.69) is 4.84 Å². The van der Waals surface area contributed by atoms with Gasteiger partial charge in [0.2, 0.25) is 0 Å². The van der Waals surface area contributed by atoms with Gasteiger partial charge in [-0.15, -0.1) is 0 Å². The van der Waals surface area contributed by atoms with Gasteiger partial charge in [-0.1, -0.05) is 17.2 Å². The average molecular weight is 457 g/mol. The van der Waals surface area contributed by atoms with E-state index in [0.29, 0.717) is 16.2 Å². The largest absolute Gasteiger partial charge is 0.364 e. The van der Waals surface area contributed by atoms with Gasteiger partial charge >= 0.3 is 5.97 Å². The van der Waals surface area contributed by atoms with Gasteiger partial charge in [-0.05, 0) is 12.1 Å². The summed E-state index contributed by atoms with van der Waals surface area (Å²) >= 11 is 0. The quantitative estimate of drug-likeness (QED) is 0.564. The predicted octanol–water partition coefficient (Wildman–Crippen LogP) is -0.183. The van der Waals surface area contributed by atoms with Crippen molar-refractivity contribution in [1.82, 2.24) is 14.9 Å². The van der Waals surface area contributed by atoms with E-state index in [9.17, 15) is 33.6 Å². The lowest BCUT2D eigenvalue weighted by Crippen LogP contribution is -2.31. The second-order valence-electron chi connectivity index (χ2n) is 6.46. The highest BCUT2D eigenvalue weighted by Gasteiger charge is 2.34. The summed E-state index contributed by atoms with van der Waals surface area (Å²) in [6, 6.07) is 6.76. The van der Waals surface area contributed by atoms with E-state index in [4.69, 9.17) is 4.74 Å². The summed E-state index contributed by atoms with van der Waals surface area (Å²) in [5.41, 5.74) is 0.907. The SMILES string of the molecule is CC(=O)ON1C(=O)C=CC1=O.CN1C(=O)C=CC1=O.COCN1C(=O)c2ccccc2C1=O. The molecule has 3 heterocycles. The topological polar surface area (TPSA) is 148 Å². The number of hydroxylamine groups is 2. The summed E-state index contributed by atoms with van der Waals surface area (Å²) in [4.78, 5) is 82.1. The summed E-state index contributed by atoms with van der Waals surface area (Å²) in [7, 11) is 2.90. The van der Waals surface area contributed by atoms with Crippen LogP contribution in [0.15, 0.2) is 48.6 Å². The summed E-state index contributed by atoms with van der Waals surface area (Å²) in [6.07, 6.45) is 4.57. The molecule has 0 atom stereocenters. The molecule has 172 valence electrons. The number of rotatable bonds is 3. The number of ether oxygens (including phenoxy) is 1. The fraction of sp³-hybridized carbons (Fsp3) is 0.190. The smallest absolute Gasteiger partial charge is 0.330 e. The van der Waals surface area contributed by atoms with Crippen molar-refractivity contribution in [3.8, 4) is 0 Å². The lowest BCUT2D eigenvalue weighted by Gasteiger charge is -2.10. The predicted molar refractivity (Wildman–Crippen MR) is 108 cm³/mol. The van der Waals surface area contributed by atoms with E-state index < -0.39 is 17.8 Å². The molecule has 1 aromatic carbocycles. The number of amides is 6. The summed E-state index contributed by atoms with van der Waals surface area (Å²) in [6.45, 7) is 1.12. The van der Waals surface area contributed by atoms with Crippen LogP contribution in [-0.2, 0) is 33.5 Å². The second-order valence-corrected chi connectivity index (χ2v) is 6.46. The van der Waals surface area contributed by atoms with Crippen LogP contribution in [0.5, 0.6) is 0 Å². The van der Waals surface area contributed by atoms with Gasteiger partial charge in [0.05, 0.1) is 11.1 Å². The maximum Gasteiger partial charge on any atom is 0.330 e. The molecule has 1 aromatic rings. The first-order chi connectivity index (χ1) is 15.6. The van der Waals surface area contributed by atoms with Crippen molar-refractivity contribution in [3.63, 3.8) is 0 Å². The number of hydrogen-bond acceptors (Lipinski definition) is 9. The molecule has 0 N–H and O–H groups in total. The van der Waals surface area contributed by atoms with Crippen molar-refractivity contribution in [2.45, 2.75) is 6.92 Å². The third kappa shape index (κ3) is 5.83. The summed E-state index contributed by atoms with van der Waals surface area (Å²) in [5.74, 6) is -3.02. The van der Waals surface area contributed by atoms with Crippen LogP contribution in [0.2, 0.25) is 0 Å². The van der Waals surface area contributed by atoms with Crippen molar-refractivity contribution in [2.75, 3.05) is 20.9 Å². The Morgan fingerprint density at radius 1 is 0.788 bits per heavy atom. The monoisotopic (exact) mass is 457 g/mol. The number of nitrogens with zero attached hydrogens (tertiary/aromatic N) is 3. The highest BCUT2D eigenvalue weighted by atomic mass is 16.7. The minimum absolute atomic E-state index is 0.00630. The molecule has 0 radical (unpaired) electrons. The van der Waals surface area contributed by atoms with Crippen LogP contribution in [0.4, 0.5) is 0 Å². The van der Waals surface area contributed by atoms with E-state index in [-0.39, 0.29) is 30.4 Å². The first-order valence-electron chi connectivity index (χ1n) is 9.27. The minimum atomic E-state index is -0.699. The third-order valence-corrected chi connectivity index (χ3v) is 4.15. The minimum Gasteiger partial charge on any atom is -0.364 e. The highest BCUT2D eigenvalue weighted by Crippen LogP contribution is 2.21. The molecule has 0 bridgehead atoms. The third-order valence-electron chi connectivity index (χ3n) is 4.15. The Balaban J connectivity index is 0.000000182. The number of imide groups is 3. The Kier molecular flexibility index (Phi) is 8.07. The van der Waals surface area contributed by atoms with Crippen LogP contribution in [0.1, 0.15) is 27.6 Å².